The third kappa shape index (κ3) is 3.85. The first kappa shape index (κ1) is 19.0. The number of allylic oxidation sites excluding steroid dienone is 1. The Kier molecular flexibility index (Phi) is 5.26. The molecule has 0 unspecified atom stereocenters. The van der Waals surface area contributed by atoms with Crippen LogP contribution in [0.1, 0.15) is 35.6 Å². The Morgan fingerprint density at radius 3 is 2.15 bits per heavy atom. The lowest BCUT2D eigenvalue weighted by atomic mass is 10.1. The van der Waals surface area contributed by atoms with Crippen molar-refractivity contribution in [2.75, 3.05) is 6.61 Å². The minimum absolute atomic E-state index is 0.0334. The van der Waals surface area contributed by atoms with Crippen molar-refractivity contribution in [3.05, 3.63) is 69.6 Å². The Hall–Kier alpha value is -2.75. The average Bonchev–Trinajstić information content (AvgIpc) is 2.82. The fourth-order valence-corrected chi connectivity index (χ4v) is 3.52. The second kappa shape index (κ2) is 7.47. The maximum Gasteiger partial charge on any atom is 0.333 e. The number of hydrogen-bond donors (Lipinski definition) is 0. The van der Waals surface area contributed by atoms with Gasteiger partial charge in [0.2, 0.25) is 0 Å². The number of rotatable bonds is 6. The third-order valence-electron chi connectivity index (χ3n) is 4.92. The molecule has 0 N–H and O–H groups in total. The van der Waals surface area contributed by atoms with Crippen LogP contribution in [0.25, 0.3) is 16.7 Å². The molecule has 0 saturated carbocycles. The van der Waals surface area contributed by atoms with Crippen molar-refractivity contribution >= 4 is 16.7 Å². The highest BCUT2D eigenvalue weighted by atomic mass is 16.5. The van der Waals surface area contributed by atoms with E-state index >= 15 is 0 Å². The van der Waals surface area contributed by atoms with E-state index in [0.717, 1.165) is 28.9 Å². The number of ether oxygens (including phenoxy) is 1. The van der Waals surface area contributed by atoms with Crippen LogP contribution < -0.4 is 10.4 Å². The van der Waals surface area contributed by atoms with Crippen molar-refractivity contribution in [2.24, 2.45) is 0 Å². The van der Waals surface area contributed by atoms with E-state index < -0.39 is 0 Å². The number of nitrogens with zero attached hydrogens (tertiary/aromatic N) is 2. The van der Waals surface area contributed by atoms with E-state index in [1.54, 1.807) is 4.57 Å². The van der Waals surface area contributed by atoms with Crippen LogP contribution in [0.3, 0.4) is 0 Å². The maximum absolute atomic E-state index is 12.9. The first-order valence-corrected chi connectivity index (χ1v) is 9.37. The Morgan fingerprint density at radius 1 is 0.963 bits per heavy atom. The van der Waals surface area contributed by atoms with E-state index in [1.165, 1.54) is 22.3 Å². The smallest absolute Gasteiger partial charge is 0.333 e. The molecule has 1 aromatic heterocycles. The topological polar surface area (TPSA) is 36.2 Å². The summed E-state index contributed by atoms with van der Waals surface area (Å²) in [5.41, 5.74) is 7.32. The molecule has 142 valence electrons. The fraction of sp³-hybridized carbons (Fsp3) is 0.348. The number of aryl methyl sites for hydroxylation is 5. The quantitative estimate of drug-likeness (QED) is 0.577. The van der Waals surface area contributed by atoms with Crippen LogP contribution in [0.15, 0.2) is 41.7 Å². The zero-order valence-corrected chi connectivity index (χ0v) is 16.9. The molecule has 0 radical (unpaired) electrons. The number of imidazole rings is 1. The molecule has 1 heterocycles. The van der Waals surface area contributed by atoms with Crippen LogP contribution in [0, 0.1) is 27.7 Å². The molecule has 27 heavy (non-hydrogen) atoms. The predicted molar refractivity (Wildman–Crippen MR) is 113 cm³/mol. The Morgan fingerprint density at radius 2 is 1.56 bits per heavy atom. The van der Waals surface area contributed by atoms with Crippen LogP contribution in [0.2, 0.25) is 0 Å². The van der Waals surface area contributed by atoms with Gasteiger partial charge in [0, 0.05) is 12.2 Å². The van der Waals surface area contributed by atoms with Crippen LogP contribution in [-0.4, -0.2) is 15.7 Å². The van der Waals surface area contributed by atoms with Crippen molar-refractivity contribution in [1.82, 2.24) is 9.13 Å². The number of benzene rings is 2. The number of fused-ring (bicyclic) bond motifs is 1. The molecular formula is C23H28N2O2. The van der Waals surface area contributed by atoms with E-state index in [9.17, 15) is 4.79 Å². The van der Waals surface area contributed by atoms with Crippen molar-refractivity contribution in [2.45, 2.75) is 47.6 Å². The van der Waals surface area contributed by atoms with Crippen molar-refractivity contribution in [3.63, 3.8) is 0 Å². The Bertz CT molecular complexity index is 1050. The Balaban J connectivity index is 1.82. The molecule has 3 rings (SSSR count). The lowest BCUT2D eigenvalue weighted by Crippen LogP contribution is -2.23. The van der Waals surface area contributed by atoms with Gasteiger partial charge in [-0.1, -0.05) is 12.6 Å². The van der Waals surface area contributed by atoms with Crippen LogP contribution >= 0.6 is 0 Å². The van der Waals surface area contributed by atoms with E-state index in [0.29, 0.717) is 13.2 Å². The molecule has 4 nitrogen and oxygen atoms in total. The highest BCUT2D eigenvalue weighted by Crippen LogP contribution is 2.21. The van der Waals surface area contributed by atoms with E-state index in [4.69, 9.17) is 4.74 Å². The average molecular weight is 364 g/mol. The fourth-order valence-electron chi connectivity index (χ4n) is 3.52. The number of hydrogen-bond acceptors (Lipinski definition) is 2. The standard InChI is InChI=1S/C23H28N2O2/c1-15(2)25-22-14-19(6)18(5)13-21(22)24(23(25)26)8-7-9-27-20-11-16(3)10-17(4)12-20/h10-14H,1,7-9H2,2-6H3. The molecule has 0 spiro atoms. The second-order valence-corrected chi connectivity index (χ2v) is 7.46. The molecule has 3 aromatic rings. The molecule has 0 aliphatic carbocycles. The molecule has 0 saturated heterocycles. The summed E-state index contributed by atoms with van der Waals surface area (Å²) in [6, 6.07) is 10.4. The molecule has 0 bridgehead atoms. The molecule has 0 fully saturated rings. The molecule has 0 atom stereocenters. The summed E-state index contributed by atoms with van der Waals surface area (Å²) in [4.78, 5) is 12.9. The van der Waals surface area contributed by atoms with Crippen molar-refractivity contribution in [1.29, 1.82) is 0 Å². The minimum atomic E-state index is -0.0334. The first-order chi connectivity index (χ1) is 12.8. The highest BCUT2D eigenvalue weighted by Gasteiger charge is 2.14. The van der Waals surface area contributed by atoms with Gasteiger partial charge in [0.25, 0.3) is 0 Å². The largest absolute Gasteiger partial charge is 0.494 e. The highest BCUT2D eigenvalue weighted by molar-refractivity contribution is 5.81. The summed E-state index contributed by atoms with van der Waals surface area (Å²) in [6.45, 7) is 15.3. The first-order valence-electron chi connectivity index (χ1n) is 9.37. The lowest BCUT2D eigenvalue weighted by Gasteiger charge is -2.09. The summed E-state index contributed by atoms with van der Waals surface area (Å²) < 4.78 is 9.43. The summed E-state index contributed by atoms with van der Waals surface area (Å²) in [7, 11) is 0. The summed E-state index contributed by atoms with van der Waals surface area (Å²) in [6.07, 6.45) is 0.759. The van der Waals surface area contributed by atoms with Gasteiger partial charge in [-0.2, -0.15) is 0 Å². The van der Waals surface area contributed by atoms with E-state index in [2.05, 4.69) is 52.5 Å². The monoisotopic (exact) mass is 364 g/mol. The molecule has 0 aliphatic heterocycles. The maximum atomic E-state index is 12.9. The van der Waals surface area contributed by atoms with Gasteiger partial charge in [-0.3, -0.25) is 9.13 Å². The zero-order chi connectivity index (χ0) is 19.7. The summed E-state index contributed by atoms with van der Waals surface area (Å²) >= 11 is 0. The van der Waals surface area contributed by atoms with Gasteiger partial charge in [0.15, 0.2) is 0 Å². The van der Waals surface area contributed by atoms with Gasteiger partial charge in [-0.25, -0.2) is 4.79 Å². The zero-order valence-electron chi connectivity index (χ0n) is 16.9. The lowest BCUT2D eigenvalue weighted by molar-refractivity contribution is 0.301. The molecule has 0 aliphatic rings. The molecule has 4 heteroatoms. The SMILES string of the molecule is C=C(C)n1c(=O)n(CCCOc2cc(C)cc(C)c2)c2cc(C)c(C)cc21. The van der Waals surface area contributed by atoms with Gasteiger partial charge in [0.05, 0.1) is 17.6 Å². The second-order valence-electron chi connectivity index (χ2n) is 7.46. The van der Waals surface area contributed by atoms with Crippen LogP contribution in [0.4, 0.5) is 0 Å². The van der Waals surface area contributed by atoms with Crippen LogP contribution in [0.5, 0.6) is 5.75 Å². The molecular weight excluding hydrogens is 336 g/mol. The molecule has 2 aromatic carbocycles. The number of aromatic nitrogens is 2. The van der Waals surface area contributed by atoms with Gasteiger partial charge >= 0.3 is 5.69 Å². The van der Waals surface area contributed by atoms with Crippen molar-refractivity contribution in [3.8, 4) is 5.75 Å². The van der Waals surface area contributed by atoms with Crippen LogP contribution in [-0.2, 0) is 6.54 Å². The van der Waals surface area contributed by atoms with Gasteiger partial charge in [0.1, 0.15) is 5.75 Å². The summed E-state index contributed by atoms with van der Waals surface area (Å²) in [5, 5.41) is 0. The van der Waals surface area contributed by atoms with Crippen molar-refractivity contribution < 1.29 is 4.74 Å². The van der Waals surface area contributed by atoms with Gasteiger partial charge in [-0.05, 0) is 87.6 Å². The van der Waals surface area contributed by atoms with E-state index in [1.807, 2.05) is 23.6 Å². The Labute approximate surface area is 160 Å². The summed E-state index contributed by atoms with van der Waals surface area (Å²) in [5.74, 6) is 0.885. The van der Waals surface area contributed by atoms with E-state index in [-0.39, 0.29) is 5.69 Å². The normalized spacial score (nSPS) is 11.1. The molecule has 0 amide bonds. The predicted octanol–water partition coefficient (Wildman–Crippen LogP) is 5.00. The van der Waals surface area contributed by atoms with Gasteiger partial charge in [-0.15, -0.1) is 0 Å². The minimum Gasteiger partial charge on any atom is -0.494 e. The van der Waals surface area contributed by atoms with Gasteiger partial charge < -0.3 is 4.74 Å². The third-order valence-corrected chi connectivity index (χ3v) is 4.92.